The first-order valence-corrected chi connectivity index (χ1v) is 5.41. The van der Waals surface area contributed by atoms with Gasteiger partial charge in [-0.05, 0) is 5.56 Å². The van der Waals surface area contributed by atoms with Crippen molar-refractivity contribution in [3.8, 4) is 0 Å². The van der Waals surface area contributed by atoms with Gasteiger partial charge in [0.2, 0.25) is 0 Å². The highest BCUT2D eigenvalue weighted by Crippen LogP contribution is 2.36. The zero-order chi connectivity index (χ0) is 11.0. The van der Waals surface area contributed by atoms with Crippen LogP contribution < -0.4 is 0 Å². The quantitative estimate of drug-likeness (QED) is 0.732. The van der Waals surface area contributed by atoms with Crippen LogP contribution in [0.4, 0.5) is 4.39 Å². The van der Waals surface area contributed by atoms with E-state index in [1.165, 1.54) is 0 Å². The molecule has 0 radical (unpaired) electrons. The van der Waals surface area contributed by atoms with E-state index in [4.69, 9.17) is 14.2 Å². The molecule has 0 aromatic heterocycles. The lowest BCUT2D eigenvalue weighted by atomic mass is 10.2. The maximum Gasteiger partial charge on any atom is 0.186 e. The standard InChI is InChI=1S/C12H13FO3/c13-9-7-15-12(11-10(9)16-11)14-6-8-4-2-1-3-5-8/h1-5,9-12H,6-7H2/t9-,10+,11+,12+/m1/s1. The molecule has 0 saturated carbocycles. The smallest absolute Gasteiger partial charge is 0.186 e. The molecule has 0 unspecified atom stereocenters. The van der Waals surface area contributed by atoms with Gasteiger partial charge in [-0.15, -0.1) is 0 Å². The molecule has 0 aliphatic carbocycles. The number of ether oxygens (including phenoxy) is 3. The summed E-state index contributed by atoms with van der Waals surface area (Å²) in [5, 5.41) is 0. The normalized spacial score (nSPS) is 36.8. The molecule has 3 rings (SSSR count). The minimum atomic E-state index is -0.999. The van der Waals surface area contributed by atoms with Gasteiger partial charge in [-0.25, -0.2) is 4.39 Å². The maximum atomic E-state index is 13.0. The first-order valence-electron chi connectivity index (χ1n) is 5.41. The number of fused-ring (bicyclic) bond motifs is 1. The van der Waals surface area contributed by atoms with Crippen molar-refractivity contribution in [2.75, 3.05) is 6.61 Å². The van der Waals surface area contributed by atoms with E-state index in [0.29, 0.717) is 6.61 Å². The summed E-state index contributed by atoms with van der Waals surface area (Å²) in [6, 6.07) is 9.81. The summed E-state index contributed by atoms with van der Waals surface area (Å²) in [7, 11) is 0. The first-order chi connectivity index (χ1) is 7.84. The van der Waals surface area contributed by atoms with Gasteiger partial charge >= 0.3 is 0 Å². The van der Waals surface area contributed by atoms with E-state index in [9.17, 15) is 4.39 Å². The van der Waals surface area contributed by atoms with Gasteiger partial charge in [-0.3, -0.25) is 0 Å². The molecule has 1 aromatic rings. The molecule has 2 heterocycles. The van der Waals surface area contributed by atoms with Crippen LogP contribution in [0.5, 0.6) is 0 Å². The molecular formula is C12H13FO3. The van der Waals surface area contributed by atoms with Gasteiger partial charge in [0.05, 0.1) is 13.2 Å². The van der Waals surface area contributed by atoms with Crippen LogP contribution >= 0.6 is 0 Å². The van der Waals surface area contributed by atoms with Crippen molar-refractivity contribution >= 4 is 0 Å². The molecule has 1 aromatic carbocycles. The summed E-state index contributed by atoms with van der Waals surface area (Å²) < 4.78 is 29.0. The van der Waals surface area contributed by atoms with Crippen molar-refractivity contribution in [3.63, 3.8) is 0 Å². The fourth-order valence-electron chi connectivity index (χ4n) is 1.92. The fraction of sp³-hybridized carbons (Fsp3) is 0.500. The van der Waals surface area contributed by atoms with Crippen LogP contribution in [0.15, 0.2) is 30.3 Å². The van der Waals surface area contributed by atoms with E-state index in [0.717, 1.165) is 5.56 Å². The van der Waals surface area contributed by atoms with Crippen LogP contribution in [0, 0.1) is 0 Å². The molecule has 2 aliphatic rings. The van der Waals surface area contributed by atoms with Crippen LogP contribution in [0.1, 0.15) is 5.56 Å². The topological polar surface area (TPSA) is 31.0 Å². The number of alkyl halides is 1. The average molecular weight is 224 g/mol. The molecule has 0 spiro atoms. The molecule has 2 saturated heterocycles. The summed E-state index contributed by atoms with van der Waals surface area (Å²) in [5.74, 6) is 0. The van der Waals surface area contributed by atoms with E-state index in [1.54, 1.807) is 0 Å². The molecule has 0 bridgehead atoms. The lowest BCUT2D eigenvalue weighted by Gasteiger charge is -2.21. The Bertz CT molecular complexity index is 357. The second-order valence-corrected chi connectivity index (χ2v) is 4.08. The third kappa shape index (κ3) is 1.96. The molecule has 16 heavy (non-hydrogen) atoms. The molecule has 0 amide bonds. The van der Waals surface area contributed by atoms with Crippen molar-refractivity contribution in [1.82, 2.24) is 0 Å². The van der Waals surface area contributed by atoms with Crippen LogP contribution in [-0.2, 0) is 20.8 Å². The zero-order valence-corrected chi connectivity index (χ0v) is 8.71. The van der Waals surface area contributed by atoms with Crippen molar-refractivity contribution in [3.05, 3.63) is 35.9 Å². The Labute approximate surface area is 93.1 Å². The lowest BCUT2D eigenvalue weighted by molar-refractivity contribution is -0.175. The Morgan fingerprint density at radius 1 is 1.25 bits per heavy atom. The van der Waals surface area contributed by atoms with Crippen LogP contribution in [-0.4, -0.2) is 31.3 Å². The summed E-state index contributed by atoms with van der Waals surface area (Å²) in [4.78, 5) is 0. The number of hydrogen-bond donors (Lipinski definition) is 0. The molecule has 4 heteroatoms. The maximum absolute atomic E-state index is 13.0. The second kappa shape index (κ2) is 4.13. The van der Waals surface area contributed by atoms with Gasteiger partial charge in [0, 0.05) is 0 Å². The third-order valence-electron chi connectivity index (χ3n) is 2.86. The molecule has 4 atom stereocenters. The van der Waals surface area contributed by atoms with Crippen LogP contribution in [0.2, 0.25) is 0 Å². The Hall–Kier alpha value is -0.970. The number of rotatable bonds is 3. The SMILES string of the molecule is F[C@@H]1CO[C@H](OCc2ccccc2)[C@H]2O[C@H]21. The molecule has 0 N–H and O–H groups in total. The average Bonchev–Trinajstić information content (AvgIpc) is 3.11. The zero-order valence-electron chi connectivity index (χ0n) is 8.71. The molecule has 2 aliphatic heterocycles. The van der Waals surface area contributed by atoms with Crippen LogP contribution in [0.3, 0.4) is 0 Å². The lowest BCUT2D eigenvalue weighted by Crippen LogP contribution is -2.36. The second-order valence-electron chi connectivity index (χ2n) is 4.08. The Kier molecular flexibility index (Phi) is 2.63. The Balaban J connectivity index is 1.53. The van der Waals surface area contributed by atoms with Gasteiger partial charge < -0.3 is 14.2 Å². The van der Waals surface area contributed by atoms with Gasteiger partial charge in [0.1, 0.15) is 12.2 Å². The van der Waals surface area contributed by atoms with E-state index in [1.807, 2.05) is 30.3 Å². The largest absolute Gasteiger partial charge is 0.361 e. The van der Waals surface area contributed by atoms with E-state index >= 15 is 0 Å². The predicted molar refractivity (Wildman–Crippen MR) is 54.5 cm³/mol. The van der Waals surface area contributed by atoms with Gasteiger partial charge in [-0.1, -0.05) is 30.3 Å². The van der Waals surface area contributed by atoms with Crippen LogP contribution in [0.25, 0.3) is 0 Å². The molecular weight excluding hydrogens is 211 g/mol. The number of hydrogen-bond acceptors (Lipinski definition) is 3. The monoisotopic (exact) mass is 224 g/mol. The molecule has 86 valence electrons. The van der Waals surface area contributed by atoms with Crippen molar-refractivity contribution in [2.24, 2.45) is 0 Å². The minimum absolute atomic E-state index is 0.0701. The highest BCUT2D eigenvalue weighted by Gasteiger charge is 2.55. The summed E-state index contributed by atoms with van der Waals surface area (Å²) >= 11 is 0. The fourth-order valence-corrected chi connectivity index (χ4v) is 1.92. The number of benzene rings is 1. The summed E-state index contributed by atoms with van der Waals surface area (Å²) in [6.07, 6.45) is -1.94. The minimum Gasteiger partial charge on any atom is -0.361 e. The van der Waals surface area contributed by atoms with Crippen molar-refractivity contribution in [1.29, 1.82) is 0 Å². The van der Waals surface area contributed by atoms with E-state index in [-0.39, 0.29) is 18.8 Å². The van der Waals surface area contributed by atoms with Crippen molar-refractivity contribution in [2.45, 2.75) is 31.3 Å². The number of epoxide rings is 1. The molecule has 2 fully saturated rings. The number of halogens is 1. The highest BCUT2D eigenvalue weighted by atomic mass is 19.1. The van der Waals surface area contributed by atoms with Gasteiger partial charge in [-0.2, -0.15) is 0 Å². The third-order valence-corrected chi connectivity index (χ3v) is 2.86. The summed E-state index contributed by atoms with van der Waals surface area (Å²) in [5.41, 5.74) is 1.07. The highest BCUT2D eigenvalue weighted by molar-refractivity contribution is 5.13. The van der Waals surface area contributed by atoms with Gasteiger partial charge in [0.25, 0.3) is 0 Å². The Morgan fingerprint density at radius 3 is 2.88 bits per heavy atom. The van der Waals surface area contributed by atoms with Crippen molar-refractivity contribution < 1.29 is 18.6 Å². The summed E-state index contributed by atoms with van der Waals surface area (Å²) in [6.45, 7) is 0.537. The van der Waals surface area contributed by atoms with E-state index in [2.05, 4.69) is 0 Å². The Morgan fingerprint density at radius 2 is 2.06 bits per heavy atom. The van der Waals surface area contributed by atoms with E-state index < -0.39 is 12.5 Å². The van der Waals surface area contributed by atoms with Gasteiger partial charge in [0.15, 0.2) is 12.5 Å². The first kappa shape index (κ1) is 10.2. The predicted octanol–water partition coefficient (Wildman–Crippen LogP) is 1.66. The molecule has 3 nitrogen and oxygen atoms in total.